The summed E-state index contributed by atoms with van der Waals surface area (Å²) < 4.78 is 16.9. The van der Waals surface area contributed by atoms with Crippen molar-refractivity contribution in [3.63, 3.8) is 0 Å². The van der Waals surface area contributed by atoms with Gasteiger partial charge in [0.15, 0.2) is 6.29 Å². The van der Waals surface area contributed by atoms with Crippen molar-refractivity contribution in [1.29, 1.82) is 0 Å². The summed E-state index contributed by atoms with van der Waals surface area (Å²) in [5.41, 5.74) is 3.74. The quantitative estimate of drug-likeness (QED) is 0.287. The number of fused-ring (bicyclic) bond motifs is 3. The number of carboxylic acid groups (broad SMARTS) is 1. The third-order valence-electron chi connectivity index (χ3n) is 7.32. The molecule has 0 amide bonds. The van der Waals surface area contributed by atoms with Crippen molar-refractivity contribution in [2.45, 2.75) is 49.8 Å². The number of aromatic amines is 1. The zero-order valence-electron chi connectivity index (χ0n) is 19.9. The molecule has 0 bridgehead atoms. The highest BCUT2D eigenvalue weighted by Gasteiger charge is 2.47. The lowest BCUT2D eigenvalue weighted by molar-refractivity contribution is -0.339. The first-order chi connectivity index (χ1) is 17.8. The third kappa shape index (κ3) is 4.58. The topological polar surface area (TPSA) is 174 Å². The molecule has 1 fully saturated rings. The molecule has 6 N–H and O–H groups in total. The SMILES string of the molecule is C=CC1C(CC2=NCCc3c2[nH]c2ccccc32)C(C(=O)O)=CO[C@H]1O[C@@H]1O[C@H](CO)[C@@H](O)[C@H](O)[C@H]1O. The molecule has 0 aliphatic carbocycles. The van der Waals surface area contributed by atoms with E-state index in [1.807, 2.05) is 24.3 Å². The molecule has 0 radical (unpaired) electrons. The van der Waals surface area contributed by atoms with E-state index in [-0.39, 0.29) is 12.0 Å². The summed E-state index contributed by atoms with van der Waals surface area (Å²) in [6.45, 7) is 3.82. The Kier molecular flexibility index (Phi) is 7.17. The number of para-hydroxylation sites is 1. The highest BCUT2D eigenvalue weighted by atomic mass is 16.8. The van der Waals surface area contributed by atoms with E-state index in [1.54, 1.807) is 0 Å². The van der Waals surface area contributed by atoms with Gasteiger partial charge < -0.3 is 44.7 Å². The average molecular weight is 515 g/mol. The van der Waals surface area contributed by atoms with Gasteiger partial charge in [0, 0.05) is 29.3 Å². The average Bonchev–Trinajstić information content (AvgIpc) is 3.28. The lowest BCUT2D eigenvalue weighted by Crippen LogP contribution is -2.60. The zero-order chi connectivity index (χ0) is 26.3. The van der Waals surface area contributed by atoms with Crippen LogP contribution in [0, 0.1) is 11.8 Å². The van der Waals surface area contributed by atoms with Crippen molar-refractivity contribution >= 4 is 22.6 Å². The number of aliphatic hydroxyl groups excluding tert-OH is 4. The Labute approximate surface area is 212 Å². The van der Waals surface area contributed by atoms with E-state index in [4.69, 9.17) is 19.2 Å². The molecule has 11 nitrogen and oxygen atoms in total. The first kappa shape index (κ1) is 25.6. The van der Waals surface area contributed by atoms with E-state index in [2.05, 4.69) is 11.6 Å². The lowest BCUT2D eigenvalue weighted by atomic mass is 9.79. The Morgan fingerprint density at radius 1 is 1.19 bits per heavy atom. The maximum absolute atomic E-state index is 12.1. The molecule has 3 aliphatic heterocycles. The van der Waals surface area contributed by atoms with Crippen LogP contribution in [0.15, 0.2) is 53.7 Å². The van der Waals surface area contributed by atoms with Gasteiger partial charge in [0.05, 0.1) is 29.8 Å². The van der Waals surface area contributed by atoms with Crippen LogP contribution in [-0.2, 0) is 25.4 Å². The summed E-state index contributed by atoms with van der Waals surface area (Å²) in [4.78, 5) is 20.3. The molecule has 1 saturated heterocycles. The summed E-state index contributed by atoms with van der Waals surface area (Å²) in [6, 6.07) is 7.95. The number of hydrogen-bond acceptors (Lipinski definition) is 9. The minimum Gasteiger partial charge on any atom is -0.478 e. The normalized spacial score (nSPS) is 33.7. The monoisotopic (exact) mass is 514 g/mol. The highest BCUT2D eigenvalue weighted by Crippen LogP contribution is 2.38. The van der Waals surface area contributed by atoms with Crippen LogP contribution in [0.3, 0.4) is 0 Å². The maximum atomic E-state index is 12.1. The lowest BCUT2D eigenvalue weighted by Gasteiger charge is -2.43. The number of benzene rings is 1. The molecule has 0 saturated carbocycles. The number of carbonyl (C=O) groups is 1. The molecular formula is C26H30N2O9. The van der Waals surface area contributed by atoms with Crippen molar-refractivity contribution in [2.24, 2.45) is 16.8 Å². The van der Waals surface area contributed by atoms with Gasteiger partial charge in [0.2, 0.25) is 6.29 Å². The molecule has 3 aliphatic rings. The predicted octanol–water partition coefficient (Wildman–Crippen LogP) is 0.463. The molecule has 8 atom stereocenters. The Morgan fingerprint density at radius 2 is 1.97 bits per heavy atom. The number of aliphatic carboxylic acids is 1. The molecule has 2 unspecified atom stereocenters. The number of nitrogens with one attached hydrogen (secondary N) is 1. The molecule has 37 heavy (non-hydrogen) atoms. The minimum atomic E-state index is -1.63. The van der Waals surface area contributed by atoms with Crippen LogP contribution in [0.2, 0.25) is 0 Å². The molecule has 198 valence electrons. The van der Waals surface area contributed by atoms with Gasteiger partial charge in [-0.15, -0.1) is 6.58 Å². The molecule has 5 rings (SSSR count). The Morgan fingerprint density at radius 3 is 2.70 bits per heavy atom. The van der Waals surface area contributed by atoms with Crippen LogP contribution in [0.4, 0.5) is 0 Å². The molecule has 2 aromatic rings. The van der Waals surface area contributed by atoms with Gasteiger partial charge >= 0.3 is 5.97 Å². The number of nitrogens with zero attached hydrogens (tertiary/aromatic N) is 1. The van der Waals surface area contributed by atoms with E-state index in [0.29, 0.717) is 6.54 Å². The number of aliphatic imine (C=N–C) groups is 1. The smallest absolute Gasteiger partial charge is 0.335 e. The maximum Gasteiger partial charge on any atom is 0.335 e. The van der Waals surface area contributed by atoms with Crippen LogP contribution >= 0.6 is 0 Å². The molecule has 0 spiro atoms. The van der Waals surface area contributed by atoms with E-state index in [0.717, 1.165) is 40.6 Å². The van der Waals surface area contributed by atoms with Gasteiger partial charge in [-0.3, -0.25) is 4.99 Å². The molecule has 1 aromatic heterocycles. The van der Waals surface area contributed by atoms with Crippen LogP contribution < -0.4 is 0 Å². The summed E-state index contributed by atoms with van der Waals surface area (Å²) in [7, 11) is 0. The number of aromatic nitrogens is 1. The largest absolute Gasteiger partial charge is 0.478 e. The van der Waals surface area contributed by atoms with Gasteiger partial charge in [0.25, 0.3) is 0 Å². The van der Waals surface area contributed by atoms with E-state index >= 15 is 0 Å². The number of ether oxygens (including phenoxy) is 3. The number of hydrogen-bond donors (Lipinski definition) is 6. The number of H-pyrrole nitrogens is 1. The first-order valence-corrected chi connectivity index (χ1v) is 12.1. The van der Waals surface area contributed by atoms with Crippen LogP contribution in [0.1, 0.15) is 17.7 Å². The third-order valence-corrected chi connectivity index (χ3v) is 7.32. The van der Waals surface area contributed by atoms with Crippen molar-refractivity contribution in [3.05, 3.63) is 60.0 Å². The summed E-state index contributed by atoms with van der Waals surface area (Å²) in [5, 5.41) is 51.1. The summed E-state index contributed by atoms with van der Waals surface area (Å²) >= 11 is 0. The first-order valence-electron chi connectivity index (χ1n) is 12.1. The van der Waals surface area contributed by atoms with Crippen LogP contribution in [0.25, 0.3) is 10.9 Å². The number of rotatable bonds is 7. The van der Waals surface area contributed by atoms with E-state index < -0.39 is 61.4 Å². The fourth-order valence-electron chi connectivity index (χ4n) is 5.34. The van der Waals surface area contributed by atoms with Gasteiger partial charge in [-0.2, -0.15) is 0 Å². The molecule has 11 heteroatoms. The Hall–Kier alpha value is -3.06. The minimum absolute atomic E-state index is 0.0180. The van der Waals surface area contributed by atoms with Gasteiger partial charge in [-0.25, -0.2) is 4.79 Å². The van der Waals surface area contributed by atoms with Crippen LogP contribution in [-0.4, -0.2) is 92.3 Å². The second kappa shape index (κ2) is 10.4. The fourth-order valence-corrected chi connectivity index (χ4v) is 5.34. The van der Waals surface area contributed by atoms with Gasteiger partial charge in [-0.1, -0.05) is 24.3 Å². The predicted molar refractivity (Wildman–Crippen MR) is 131 cm³/mol. The second-order valence-corrected chi connectivity index (χ2v) is 9.44. The fraction of sp³-hybridized carbons (Fsp3) is 0.462. The number of carboxylic acids is 1. The van der Waals surface area contributed by atoms with Gasteiger partial charge in [0.1, 0.15) is 24.4 Å². The Bertz CT molecular complexity index is 1240. The summed E-state index contributed by atoms with van der Waals surface area (Å²) in [5.74, 6) is -2.49. The van der Waals surface area contributed by atoms with E-state index in [9.17, 15) is 30.3 Å². The highest BCUT2D eigenvalue weighted by molar-refractivity contribution is 6.07. The van der Waals surface area contributed by atoms with Gasteiger partial charge in [-0.05, 0) is 24.5 Å². The van der Waals surface area contributed by atoms with Crippen molar-refractivity contribution in [3.8, 4) is 0 Å². The van der Waals surface area contributed by atoms with Crippen LogP contribution in [0.5, 0.6) is 0 Å². The van der Waals surface area contributed by atoms with E-state index in [1.165, 1.54) is 6.08 Å². The van der Waals surface area contributed by atoms with Crippen molar-refractivity contribution in [1.82, 2.24) is 4.98 Å². The molecule has 4 heterocycles. The number of aliphatic hydroxyl groups is 4. The molecular weight excluding hydrogens is 484 g/mol. The Balaban J connectivity index is 1.42. The standard InChI is InChI=1S/C26H30N2O9/c1-2-12-15(9-18-20-14(7-8-27-18)13-5-3-4-6-17(13)28-20)16(24(33)34)11-35-25(12)37-26-23(32)22(31)21(30)19(10-29)36-26/h2-6,11-12,15,19,21-23,25-26,28-32H,1,7-10H2,(H,33,34)/t12?,15?,19-,21-,22+,23-,25+,26+/m1/s1. The van der Waals surface area contributed by atoms with Crippen molar-refractivity contribution in [2.75, 3.05) is 13.2 Å². The zero-order valence-corrected chi connectivity index (χ0v) is 19.9. The molecule has 1 aromatic carbocycles. The summed E-state index contributed by atoms with van der Waals surface area (Å²) in [6.07, 6.45) is -4.88. The van der Waals surface area contributed by atoms with Crippen molar-refractivity contribution < 1.29 is 44.5 Å². The second-order valence-electron chi connectivity index (χ2n) is 9.44.